The van der Waals surface area contributed by atoms with Crippen molar-refractivity contribution in [3.63, 3.8) is 0 Å². The molecule has 0 fully saturated rings. The number of rotatable bonds is 8. The van der Waals surface area contributed by atoms with Gasteiger partial charge in [0, 0.05) is 26.2 Å². The van der Waals surface area contributed by atoms with Crippen LogP contribution in [0.5, 0.6) is 0 Å². The van der Waals surface area contributed by atoms with Crippen LogP contribution in [0.4, 0.5) is 18.0 Å². The van der Waals surface area contributed by atoms with Crippen LogP contribution >= 0.6 is 0 Å². The zero-order valence-corrected chi connectivity index (χ0v) is 19.2. The van der Waals surface area contributed by atoms with Crippen LogP contribution in [-0.4, -0.2) is 63.2 Å². The van der Waals surface area contributed by atoms with Crippen LogP contribution < -0.4 is 5.32 Å². The third kappa shape index (κ3) is 10.3. The Hall–Kier alpha value is -1.29. The third-order valence-electron chi connectivity index (χ3n) is 4.42. The summed E-state index contributed by atoms with van der Waals surface area (Å²) in [5.41, 5.74) is -0.734. The summed E-state index contributed by atoms with van der Waals surface area (Å²) in [6, 6.07) is 0. The lowest BCUT2D eigenvalue weighted by Gasteiger charge is -2.36. The Bertz CT molecular complexity index is 526. The lowest BCUT2D eigenvalue weighted by atomic mass is 10.2. The van der Waals surface area contributed by atoms with Gasteiger partial charge in [-0.05, 0) is 45.3 Å². The van der Waals surface area contributed by atoms with Gasteiger partial charge < -0.3 is 19.4 Å². The smallest absolute Gasteiger partial charge is 0.444 e. The maximum Gasteiger partial charge on any atom is 0.471 e. The molecule has 2 amide bonds. The summed E-state index contributed by atoms with van der Waals surface area (Å²) in [5.74, 6) is -2.03. The number of carbonyl (C=O) groups excluding carboxylic acids is 2. The topological polar surface area (TPSA) is 67.9 Å². The van der Waals surface area contributed by atoms with Gasteiger partial charge in [-0.2, -0.15) is 13.2 Å². The summed E-state index contributed by atoms with van der Waals surface area (Å²) in [7, 11) is -1.92. The second kappa shape index (κ2) is 9.95. The first-order chi connectivity index (χ1) is 12.4. The third-order valence-corrected chi connectivity index (χ3v) is 8.96. The molecule has 0 radical (unpaired) electrons. The van der Waals surface area contributed by atoms with Crippen molar-refractivity contribution in [2.24, 2.45) is 0 Å². The van der Waals surface area contributed by atoms with Crippen molar-refractivity contribution in [1.82, 2.24) is 10.2 Å². The number of carbonyl (C=O) groups is 2. The largest absolute Gasteiger partial charge is 0.471 e. The number of nitrogens with one attached hydrogen (secondary N) is 1. The fourth-order valence-electron chi connectivity index (χ4n) is 1.82. The molecule has 0 aromatic heterocycles. The molecule has 0 saturated carbocycles. The van der Waals surface area contributed by atoms with Gasteiger partial charge >= 0.3 is 18.2 Å². The molecule has 0 aliphatic carbocycles. The first-order valence-electron chi connectivity index (χ1n) is 9.34. The molecule has 0 aliphatic heterocycles. The van der Waals surface area contributed by atoms with Crippen molar-refractivity contribution in [2.45, 2.75) is 77.9 Å². The summed E-state index contributed by atoms with van der Waals surface area (Å²) >= 11 is 0. The maximum absolute atomic E-state index is 12.3. The second-order valence-corrected chi connectivity index (χ2v) is 14.0. The molecule has 0 unspecified atom stereocenters. The molecule has 0 heterocycles. The first kappa shape index (κ1) is 26.7. The molecule has 0 bridgehead atoms. The van der Waals surface area contributed by atoms with Gasteiger partial charge in [0.25, 0.3) is 0 Å². The average molecular weight is 429 g/mol. The highest BCUT2D eigenvalue weighted by atomic mass is 28.4. The molecule has 1 N–H and O–H groups in total. The highest BCUT2D eigenvalue weighted by Gasteiger charge is 2.38. The van der Waals surface area contributed by atoms with Crippen molar-refractivity contribution < 1.29 is 31.9 Å². The van der Waals surface area contributed by atoms with E-state index in [0.717, 1.165) is 0 Å². The van der Waals surface area contributed by atoms with Crippen molar-refractivity contribution in [2.75, 3.05) is 26.2 Å². The molecular weight excluding hydrogens is 393 g/mol. The zero-order valence-electron chi connectivity index (χ0n) is 18.2. The van der Waals surface area contributed by atoms with Crippen LogP contribution in [0.2, 0.25) is 18.1 Å². The van der Waals surface area contributed by atoms with Crippen LogP contribution in [0, 0.1) is 0 Å². The van der Waals surface area contributed by atoms with Crippen LogP contribution in [0.15, 0.2) is 0 Å². The van der Waals surface area contributed by atoms with E-state index in [-0.39, 0.29) is 24.7 Å². The lowest BCUT2D eigenvalue weighted by molar-refractivity contribution is -0.173. The number of hydrogen-bond donors (Lipinski definition) is 1. The predicted octanol–water partition coefficient (Wildman–Crippen LogP) is 4.31. The van der Waals surface area contributed by atoms with Gasteiger partial charge in [-0.25, -0.2) is 4.79 Å². The van der Waals surface area contributed by atoms with E-state index in [9.17, 15) is 22.8 Å². The minimum atomic E-state index is -4.95. The normalized spacial score (nSPS) is 13.2. The minimum Gasteiger partial charge on any atom is -0.444 e. The molecule has 0 spiro atoms. The summed E-state index contributed by atoms with van der Waals surface area (Å²) in [6.07, 6.45) is -5.08. The lowest BCUT2D eigenvalue weighted by Crippen LogP contribution is -2.45. The minimum absolute atomic E-state index is 0.0553. The molecule has 28 heavy (non-hydrogen) atoms. The molecule has 0 atom stereocenters. The van der Waals surface area contributed by atoms with Gasteiger partial charge in [-0.1, -0.05) is 20.8 Å². The number of ether oxygens (including phenoxy) is 1. The van der Waals surface area contributed by atoms with Crippen molar-refractivity contribution in [3.05, 3.63) is 0 Å². The standard InChI is InChI=1S/C18H35F3N2O4Si/c1-16(2,3)27-15(25)23(12-10-22-14(24)18(19,20)21)11-9-13-26-28(7,8)17(4,5)6/h9-13H2,1-8H3,(H,22,24). The van der Waals surface area contributed by atoms with E-state index in [1.54, 1.807) is 26.1 Å². The van der Waals surface area contributed by atoms with Crippen LogP contribution in [-0.2, 0) is 14.0 Å². The van der Waals surface area contributed by atoms with Crippen molar-refractivity contribution in [3.8, 4) is 0 Å². The van der Waals surface area contributed by atoms with Gasteiger partial charge in [0.05, 0.1) is 0 Å². The van der Waals surface area contributed by atoms with Gasteiger partial charge in [0.2, 0.25) is 0 Å². The molecule has 6 nitrogen and oxygen atoms in total. The SMILES string of the molecule is CC(C)(C)OC(=O)N(CCCO[Si](C)(C)C(C)(C)C)CCNC(=O)C(F)(F)F. The van der Waals surface area contributed by atoms with Crippen LogP contribution in [0.1, 0.15) is 48.0 Å². The number of nitrogens with zero attached hydrogens (tertiary/aromatic N) is 1. The monoisotopic (exact) mass is 428 g/mol. The summed E-state index contributed by atoms with van der Waals surface area (Å²) in [6.45, 7) is 16.0. The van der Waals surface area contributed by atoms with Crippen LogP contribution in [0.3, 0.4) is 0 Å². The number of hydrogen-bond acceptors (Lipinski definition) is 4. The number of halogens is 3. The molecule has 10 heteroatoms. The van der Waals surface area contributed by atoms with Crippen molar-refractivity contribution in [1.29, 1.82) is 0 Å². The number of amides is 2. The molecule has 0 rings (SSSR count). The average Bonchev–Trinajstić information content (AvgIpc) is 2.45. The van der Waals surface area contributed by atoms with Gasteiger partial charge in [-0.15, -0.1) is 0 Å². The zero-order chi connectivity index (χ0) is 22.4. The van der Waals surface area contributed by atoms with E-state index >= 15 is 0 Å². The van der Waals surface area contributed by atoms with Gasteiger partial charge in [0.15, 0.2) is 8.32 Å². The highest BCUT2D eigenvalue weighted by molar-refractivity contribution is 6.74. The van der Waals surface area contributed by atoms with Gasteiger partial charge in [0.1, 0.15) is 5.60 Å². The number of alkyl halides is 3. The Labute approximate surface area is 167 Å². The Morgan fingerprint density at radius 3 is 1.96 bits per heavy atom. The quantitative estimate of drug-likeness (QED) is 0.462. The second-order valence-electron chi connectivity index (χ2n) is 9.18. The fraction of sp³-hybridized carbons (Fsp3) is 0.889. The van der Waals surface area contributed by atoms with Crippen molar-refractivity contribution >= 4 is 20.3 Å². The molecule has 166 valence electrons. The summed E-state index contributed by atoms with van der Waals surface area (Å²) in [4.78, 5) is 24.5. The highest BCUT2D eigenvalue weighted by Crippen LogP contribution is 2.36. The van der Waals surface area contributed by atoms with E-state index in [0.29, 0.717) is 13.0 Å². The Balaban J connectivity index is 4.74. The molecular formula is C18H35F3N2O4Si. The van der Waals surface area contributed by atoms with E-state index in [1.807, 2.05) is 0 Å². The fourth-order valence-corrected chi connectivity index (χ4v) is 2.91. The van der Waals surface area contributed by atoms with Crippen LogP contribution in [0.25, 0.3) is 0 Å². The Morgan fingerprint density at radius 2 is 1.54 bits per heavy atom. The molecule has 0 saturated heterocycles. The maximum atomic E-state index is 12.3. The van der Waals surface area contributed by atoms with E-state index < -0.39 is 32.1 Å². The molecule has 0 aromatic carbocycles. The summed E-state index contributed by atoms with van der Waals surface area (Å²) in [5, 5.41) is 1.82. The molecule has 0 aliphatic rings. The Morgan fingerprint density at radius 1 is 1.00 bits per heavy atom. The van der Waals surface area contributed by atoms with Gasteiger partial charge in [-0.3, -0.25) is 4.79 Å². The van der Waals surface area contributed by atoms with E-state index in [1.165, 1.54) is 4.90 Å². The summed E-state index contributed by atoms with van der Waals surface area (Å²) < 4.78 is 48.2. The predicted molar refractivity (Wildman–Crippen MR) is 105 cm³/mol. The first-order valence-corrected chi connectivity index (χ1v) is 12.2. The van der Waals surface area contributed by atoms with E-state index in [4.69, 9.17) is 9.16 Å². The Kier molecular flexibility index (Phi) is 9.49. The molecule has 0 aromatic rings. The van der Waals surface area contributed by atoms with E-state index in [2.05, 4.69) is 33.9 Å².